The van der Waals surface area contributed by atoms with Gasteiger partial charge in [0.2, 0.25) is 11.7 Å². The highest BCUT2D eigenvalue weighted by atomic mass is 35.5. The quantitative estimate of drug-likeness (QED) is 0.0555. The average Bonchev–Trinajstić information content (AvgIpc) is 3.04. The summed E-state index contributed by atoms with van der Waals surface area (Å²) in [5, 5.41) is 19.4. The first-order valence-corrected chi connectivity index (χ1v) is 18.2. The summed E-state index contributed by atoms with van der Waals surface area (Å²) in [6.45, 7) is 2.97. The fourth-order valence-electron chi connectivity index (χ4n) is 4.75. The molecule has 0 saturated carbocycles. The lowest BCUT2D eigenvalue weighted by Crippen LogP contribution is -2.27. The Bertz CT molecular complexity index is 2470. The minimum absolute atomic E-state index is 0.0320. The zero-order chi connectivity index (χ0) is 38.0. The molecule has 4 aromatic carbocycles. The SMILES string of the molecule is CC(=O)Nc1ccc(NC(=O)Nc2ccc3c(c2)C=C(S(=O)(=O)O)/C(=N\Nc2ccc(N=Nc4c(Cl)cc(Cl)cc4S(=O)(=O)O)c(C)c2)C3=O)cc1. The second-order valence-electron chi connectivity index (χ2n) is 10.9. The van der Waals surface area contributed by atoms with Crippen LogP contribution in [-0.2, 0) is 25.0 Å². The van der Waals surface area contributed by atoms with Gasteiger partial charge in [0, 0.05) is 34.6 Å². The monoisotopic (exact) mass is 785 g/mol. The van der Waals surface area contributed by atoms with E-state index in [0.717, 1.165) is 12.1 Å². The van der Waals surface area contributed by atoms with Gasteiger partial charge in [-0.05, 0) is 96.9 Å². The van der Waals surface area contributed by atoms with Crippen molar-refractivity contribution in [3.05, 3.63) is 104 Å². The van der Waals surface area contributed by atoms with Gasteiger partial charge in [0.05, 0.1) is 16.4 Å². The van der Waals surface area contributed by atoms with E-state index in [1.807, 2.05) is 0 Å². The Kier molecular flexibility index (Phi) is 10.9. The topological polar surface area (TPSA) is 245 Å². The van der Waals surface area contributed by atoms with Gasteiger partial charge >= 0.3 is 6.03 Å². The number of rotatable bonds is 9. The molecule has 4 aromatic rings. The second kappa shape index (κ2) is 15.0. The Morgan fingerprint density at radius 2 is 1.37 bits per heavy atom. The normalized spacial score (nSPS) is 13.8. The number of halogens is 2. The van der Waals surface area contributed by atoms with Gasteiger partial charge in [0.1, 0.15) is 15.5 Å². The van der Waals surface area contributed by atoms with Crippen LogP contribution in [0.2, 0.25) is 10.0 Å². The minimum Gasteiger partial charge on any atom is -0.326 e. The molecule has 0 spiro atoms. The van der Waals surface area contributed by atoms with Crippen molar-refractivity contribution in [2.45, 2.75) is 18.7 Å². The van der Waals surface area contributed by atoms with Crippen molar-refractivity contribution in [2.75, 3.05) is 21.4 Å². The highest BCUT2D eigenvalue weighted by Crippen LogP contribution is 2.37. The first-order chi connectivity index (χ1) is 24.4. The zero-order valence-electron chi connectivity index (χ0n) is 26.7. The van der Waals surface area contributed by atoms with Gasteiger partial charge < -0.3 is 16.0 Å². The Hall–Kier alpha value is -5.50. The molecule has 5 rings (SSSR count). The summed E-state index contributed by atoms with van der Waals surface area (Å²) in [6.07, 6.45) is 1.04. The number of ketones is 1. The molecule has 0 bridgehead atoms. The summed E-state index contributed by atoms with van der Waals surface area (Å²) < 4.78 is 67.9. The molecule has 0 atom stereocenters. The Labute approximate surface area is 306 Å². The number of nitrogens with one attached hydrogen (secondary N) is 4. The van der Waals surface area contributed by atoms with Crippen molar-refractivity contribution in [1.82, 2.24) is 0 Å². The molecular formula is C32H25Cl2N7O9S2. The van der Waals surface area contributed by atoms with Crippen LogP contribution >= 0.6 is 23.2 Å². The predicted molar refractivity (Wildman–Crippen MR) is 196 cm³/mol. The van der Waals surface area contributed by atoms with Crippen molar-refractivity contribution in [2.24, 2.45) is 15.3 Å². The third-order valence-electron chi connectivity index (χ3n) is 7.05. The number of hydrazone groups is 1. The van der Waals surface area contributed by atoms with Crippen molar-refractivity contribution in [3.63, 3.8) is 0 Å². The van der Waals surface area contributed by atoms with Crippen LogP contribution in [0.25, 0.3) is 6.08 Å². The number of nitrogens with zero attached hydrogens (tertiary/aromatic N) is 3. The van der Waals surface area contributed by atoms with Gasteiger partial charge in [-0.3, -0.25) is 24.1 Å². The summed E-state index contributed by atoms with van der Waals surface area (Å²) in [7, 11) is -9.72. The average molecular weight is 787 g/mol. The van der Waals surface area contributed by atoms with Gasteiger partial charge in [-0.25, -0.2) is 4.79 Å². The summed E-state index contributed by atoms with van der Waals surface area (Å²) in [4.78, 5) is 35.8. The summed E-state index contributed by atoms with van der Waals surface area (Å²) in [6, 6.07) is 16.3. The molecule has 0 saturated heterocycles. The summed E-state index contributed by atoms with van der Waals surface area (Å²) in [5.41, 5.74) is 3.83. The molecule has 268 valence electrons. The van der Waals surface area contributed by atoms with Gasteiger partial charge in [-0.2, -0.15) is 27.1 Å². The Morgan fingerprint density at radius 3 is 1.98 bits per heavy atom. The summed E-state index contributed by atoms with van der Waals surface area (Å²) >= 11 is 11.9. The lowest BCUT2D eigenvalue weighted by molar-refractivity contribution is -0.114. The van der Waals surface area contributed by atoms with Gasteiger partial charge in [0.25, 0.3) is 20.2 Å². The number of anilines is 4. The van der Waals surface area contributed by atoms with E-state index >= 15 is 0 Å². The first kappa shape index (κ1) is 37.7. The van der Waals surface area contributed by atoms with E-state index in [1.165, 1.54) is 49.4 Å². The molecule has 0 aliphatic heterocycles. The second-order valence-corrected chi connectivity index (χ2v) is 14.6. The van der Waals surface area contributed by atoms with Crippen LogP contribution < -0.4 is 21.4 Å². The molecule has 3 amide bonds. The number of amides is 3. The fourth-order valence-corrected chi connectivity index (χ4v) is 6.73. The van der Waals surface area contributed by atoms with E-state index in [0.29, 0.717) is 16.9 Å². The number of carbonyl (C=O) groups is 3. The molecule has 1 aliphatic carbocycles. The Balaban J connectivity index is 1.34. The minimum atomic E-state index is -4.98. The number of azo groups is 1. The van der Waals surface area contributed by atoms with E-state index in [2.05, 4.69) is 36.7 Å². The molecule has 20 heteroatoms. The van der Waals surface area contributed by atoms with Crippen LogP contribution in [0.1, 0.15) is 28.4 Å². The van der Waals surface area contributed by atoms with Crippen molar-refractivity contribution < 1.29 is 40.3 Å². The van der Waals surface area contributed by atoms with Crippen molar-refractivity contribution in [1.29, 1.82) is 0 Å². The number of hydrogen-bond donors (Lipinski definition) is 6. The fraction of sp³-hybridized carbons (Fsp3) is 0.0625. The standard InChI is InChI=1S/C32H25Cl2N7O9S2/c1-16-11-23(8-10-26(16)39-40-29-25(34)14-19(33)15-28(29)52(48,49)50)38-41-30-27(51(45,46)47)13-18-12-22(7-9-24(18)31(30)43)37-32(44)36-21-5-3-20(4-6-21)35-17(2)42/h3-15,38H,1-2H3,(H,35,42)(H2,36,37,44)(H,45,46,47)(H,48,49,50)/b40-39?,41-30+. The highest BCUT2D eigenvalue weighted by Gasteiger charge is 2.33. The number of benzene rings is 4. The lowest BCUT2D eigenvalue weighted by Gasteiger charge is -2.17. The third kappa shape index (κ3) is 9.04. The highest BCUT2D eigenvalue weighted by molar-refractivity contribution is 7.91. The lowest BCUT2D eigenvalue weighted by atomic mass is 9.94. The number of fused-ring (bicyclic) bond motifs is 1. The molecule has 0 radical (unpaired) electrons. The number of carbonyl (C=O) groups excluding carboxylic acids is 3. The van der Waals surface area contributed by atoms with E-state index in [1.54, 1.807) is 31.2 Å². The van der Waals surface area contributed by atoms with Gasteiger partial charge in [0.15, 0.2) is 5.71 Å². The number of aryl methyl sites for hydroxylation is 1. The van der Waals surface area contributed by atoms with Crippen LogP contribution in [-0.4, -0.2) is 49.4 Å². The van der Waals surface area contributed by atoms with E-state index < -0.39 is 47.6 Å². The summed E-state index contributed by atoms with van der Waals surface area (Å²) in [5.74, 6) is -1.10. The maximum atomic E-state index is 13.4. The smallest absolute Gasteiger partial charge is 0.323 e. The van der Waals surface area contributed by atoms with E-state index in [4.69, 9.17) is 23.2 Å². The predicted octanol–water partition coefficient (Wildman–Crippen LogP) is 7.46. The number of Topliss-reactive ketones (excluding diaryl/α,β-unsaturated/α-hetero) is 1. The zero-order valence-corrected chi connectivity index (χ0v) is 29.8. The molecule has 6 N–H and O–H groups in total. The maximum Gasteiger partial charge on any atom is 0.323 e. The van der Waals surface area contributed by atoms with Crippen LogP contribution in [0.3, 0.4) is 0 Å². The van der Waals surface area contributed by atoms with Crippen LogP contribution in [0.15, 0.2) is 97.9 Å². The van der Waals surface area contributed by atoms with Crippen molar-refractivity contribution >= 4 is 107 Å². The third-order valence-corrected chi connectivity index (χ3v) is 9.29. The largest absolute Gasteiger partial charge is 0.326 e. The number of allylic oxidation sites excluding steroid dienone is 1. The number of urea groups is 1. The molecule has 52 heavy (non-hydrogen) atoms. The van der Waals surface area contributed by atoms with Gasteiger partial charge in [-0.1, -0.05) is 23.2 Å². The van der Waals surface area contributed by atoms with Crippen LogP contribution in [0, 0.1) is 6.92 Å². The molecule has 0 fully saturated rings. The molecule has 16 nitrogen and oxygen atoms in total. The van der Waals surface area contributed by atoms with Crippen LogP contribution in [0.5, 0.6) is 0 Å². The Morgan fingerprint density at radius 1 is 0.750 bits per heavy atom. The molecule has 0 aromatic heterocycles. The van der Waals surface area contributed by atoms with E-state index in [-0.39, 0.29) is 49.8 Å². The van der Waals surface area contributed by atoms with Crippen molar-refractivity contribution in [3.8, 4) is 0 Å². The van der Waals surface area contributed by atoms with Crippen LogP contribution in [0.4, 0.5) is 38.9 Å². The molecule has 1 aliphatic rings. The first-order valence-electron chi connectivity index (χ1n) is 14.6. The molecule has 0 heterocycles. The maximum absolute atomic E-state index is 13.4. The van der Waals surface area contributed by atoms with E-state index in [9.17, 15) is 40.3 Å². The van der Waals surface area contributed by atoms with Gasteiger partial charge in [-0.15, -0.1) is 5.11 Å². The molecular weight excluding hydrogens is 761 g/mol. The molecule has 0 unspecified atom stereocenters. The number of hydrogen-bond acceptors (Lipinski definition) is 11.